The first-order valence-electron chi connectivity index (χ1n) is 11.4. The van der Waals surface area contributed by atoms with Crippen LogP contribution in [0.15, 0.2) is 38.6 Å². The molecule has 3 aliphatic rings. The van der Waals surface area contributed by atoms with Crippen LogP contribution in [0.4, 0.5) is 0 Å². The number of aliphatic carboxylic acids is 1. The Balaban J connectivity index is 0.000000157. The van der Waals surface area contributed by atoms with Crippen molar-refractivity contribution in [3.05, 3.63) is 44.8 Å². The van der Waals surface area contributed by atoms with Crippen LogP contribution in [0.2, 0.25) is 0 Å². The molecule has 9 heteroatoms. The highest BCUT2D eigenvalue weighted by Crippen LogP contribution is 2.37. The van der Waals surface area contributed by atoms with Crippen molar-refractivity contribution >= 4 is 46.4 Å². The van der Waals surface area contributed by atoms with Gasteiger partial charge >= 0.3 is 11.9 Å². The van der Waals surface area contributed by atoms with Crippen LogP contribution in [0, 0.1) is 0 Å². The third kappa shape index (κ3) is 5.19. The van der Waals surface area contributed by atoms with Gasteiger partial charge in [0.05, 0.1) is 5.56 Å². The number of rotatable bonds is 4. The van der Waals surface area contributed by atoms with E-state index in [4.69, 9.17) is 4.74 Å². The lowest BCUT2D eigenvalue weighted by Gasteiger charge is -2.33. The molecule has 0 aromatic carbocycles. The first-order chi connectivity index (χ1) is 15.9. The molecule has 2 aromatic heterocycles. The van der Waals surface area contributed by atoms with Gasteiger partial charge in [0, 0.05) is 16.3 Å². The van der Waals surface area contributed by atoms with E-state index >= 15 is 0 Å². The molecule has 2 aliphatic carbocycles. The maximum absolute atomic E-state index is 11.9. The average Bonchev–Trinajstić information content (AvgIpc) is 3.59. The van der Waals surface area contributed by atoms with Crippen molar-refractivity contribution in [2.75, 3.05) is 0 Å². The zero-order chi connectivity index (χ0) is 23.3. The normalized spacial score (nSPS) is 20.8. The Morgan fingerprint density at radius 3 is 2.15 bits per heavy atom. The van der Waals surface area contributed by atoms with Crippen molar-refractivity contribution in [1.82, 2.24) is 5.32 Å². The van der Waals surface area contributed by atoms with Crippen LogP contribution >= 0.6 is 22.7 Å². The lowest BCUT2D eigenvalue weighted by atomic mass is 9.81. The number of carboxylic acid groups (broad SMARTS) is 1. The second-order valence-corrected chi connectivity index (χ2v) is 10.4. The second-order valence-electron chi connectivity index (χ2n) is 8.82. The Morgan fingerprint density at radius 2 is 1.58 bits per heavy atom. The Morgan fingerprint density at radius 1 is 0.939 bits per heavy atom. The van der Waals surface area contributed by atoms with Crippen LogP contribution in [0.5, 0.6) is 0 Å². The fourth-order valence-electron chi connectivity index (χ4n) is 4.64. The van der Waals surface area contributed by atoms with E-state index in [2.05, 4.69) is 10.3 Å². The fraction of sp³-hybridized carbons (Fsp3) is 0.500. The molecular formula is C24H28N2O5S2. The SMILES string of the molecule is O=C(NC1(C(=O)O)CCCCC1)c1ccsc1.O=C1OC(c2ccsc2)=NC12CCCCC2. The summed E-state index contributed by atoms with van der Waals surface area (Å²) in [6, 6.07) is 3.65. The third-order valence-corrected chi connectivity index (χ3v) is 7.95. The predicted molar refractivity (Wildman–Crippen MR) is 128 cm³/mol. The summed E-state index contributed by atoms with van der Waals surface area (Å²) in [6.07, 6.45) is 8.87. The number of ether oxygens (including phenoxy) is 1. The Bertz CT molecular complexity index is 1000. The van der Waals surface area contributed by atoms with E-state index in [0.717, 1.165) is 50.5 Å². The van der Waals surface area contributed by atoms with E-state index in [1.165, 1.54) is 17.8 Å². The summed E-state index contributed by atoms with van der Waals surface area (Å²) in [6.45, 7) is 0. The lowest BCUT2D eigenvalue weighted by molar-refractivity contribution is -0.146. The number of thiophene rings is 2. The molecule has 5 rings (SSSR count). The number of aliphatic imine (C=N–C) groups is 1. The number of amides is 1. The zero-order valence-corrected chi connectivity index (χ0v) is 20.0. The number of hydrogen-bond acceptors (Lipinski definition) is 7. The fourth-order valence-corrected chi connectivity index (χ4v) is 5.90. The van der Waals surface area contributed by atoms with E-state index in [-0.39, 0.29) is 11.9 Å². The highest BCUT2D eigenvalue weighted by atomic mass is 32.1. The van der Waals surface area contributed by atoms with Crippen molar-refractivity contribution in [2.24, 2.45) is 4.99 Å². The van der Waals surface area contributed by atoms with Gasteiger partial charge in [0.15, 0.2) is 5.54 Å². The van der Waals surface area contributed by atoms with E-state index in [1.54, 1.807) is 22.8 Å². The van der Waals surface area contributed by atoms with Gasteiger partial charge in [-0.1, -0.05) is 38.5 Å². The highest BCUT2D eigenvalue weighted by Gasteiger charge is 2.46. The van der Waals surface area contributed by atoms with Gasteiger partial charge in [-0.05, 0) is 48.6 Å². The molecule has 1 amide bonds. The second kappa shape index (κ2) is 10.2. The minimum absolute atomic E-state index is 0.145. The number of nitrogens with one attached hydrogen (secondary N) is 1. The first-order valence-corrected chi connectivity index (χ1v) is 13.3. The summed E-state index contributed by atoms with van der Waals surface area (Å²) in [5, 5.41) is 19.5. The molecule has 0 bridgehead atoms. The maximum atomic E-state index is 11.9. The van der Waals surface area contributed by atoms with Crippen LogP contribution < -0.4 is 5.32 Å². The summed E-state index contributed by atoms with van der Waals surface area (Å²) in [4.78, 5) is 39.8. The number of carbonyl (C=O) groups is 3. The highest BCUT2D eigenvalue weighted by molar-refractivity contribution is 7.08. The van der Waals surface area contributed by atoms with Crippen LogP contribution in [-0.2, 0) is 14.3 Å². The molecule has 2 fully saturated rings. The minimum atomic E-state index is -1.06. The van der Waals surface area contributed by atoms with Gasteiger partial charge < -0.3 is 15.2 Å². The van der Waals surface area contributed by atoms with Gasteiger partial charge in [0.25, 0.3) is 5.91 Å². The summed E-state index contributed by atoms with van der Waals surface area (Å²) < 4.78 is 5.32. The molecule has 176 valence electrons. The number of hydrogen-bond donors (Lipinski definition) is 2. The molecule has 33 heavy (non-hydrogen) atoms. The minimum Gasteiger partial charge on any atom is -0.480 e. The molecule has 3 heterocycles. The Kier molecular flexibility index (Phi) is 7.29. The average molecular weight is 489 g/mol. The smallest absolute Gasteiger partial charge is 0.340 e. The van der Waals surface area contributed by atoms with Gasteiger partial charge in [0.2, 0.25) is 5.90 Å². The molecular weight excluding hydrogens is 460 g/mol. The van der Waals surface area contributed by atoms with Crippen LogP contribution in [0.1, 0.15) is 80.1 Å². The van der Waals surface area contributed by atoms with E-state index in [9.17, 15) is 19.5 Å². The van der Waals surface area contributed by atoms with Gasteiger partial charge in [-0.25, -0.2) is 14.6 Å². The Labute approximate surface area is 200 Å². The van der Waals surface area contributed by atoms with Crippen LogP contribution in [0.25, 0.3) is 0 Å². The standard InChI is InChI=1S/C12H15NO3S.C12H13NO2S/c14-10(9-4-7-17-8-9)13-12(11(15)16)5-2-1-3-6-12;14-11-12(5-2-1-3-6-12)13-10(15-11)9-4-7-16-8-9/h4,7-8H,1-3,5-6H2,(H,13,14)(H,15,16);4,7-8H,1-3,5-6H2. The van der Waals surface area contributed by atoms with Gasteiger partial charge in [-0.2, -0.15) is 22.7 Å². The van der Waals surface area contributed by atoms with Crippen molar-refractivity contribution in [3.63, 3.8) is 0 Å². The topological polar surface area (TPSA) is 105 Å². The summed E-state index contributed by atoms with van der Waals surface area (Å²) >= 11 is 3.02. The number of carboxylic acids is 1. The summed E-state index contributed by atoms with van der Waals surface area (Å²) in [5.41, 5.74) is -0.130. The van der Waals surface area contributed by atoms with Crippen molar-refractivity contribution in [3.8, 4) is 0 Å². The maximum Gasteiger partial charge on any atom is 0.340 e. The summed E-state index contributed by atoms with van der Waals surface area (Å²) in [7, 11) is 0. The number of nitrogens with zero attached hydrogens (tertiary/aromatic N) is 1. The van der Waals surface area contributed by atoms with Gasteiger partial charge in [0.1, 0.15) is 5.54 Å². The number of carbonyl (C=O) groups excluding carboxylic acids is 2. The first kappa shape index (κ1) is 23.6. The van der Waals surface area contributed by atoms with Crippen molar-refractivity contribution < 1.29 is 24.2 Å². The van der Waals surface area contributed by atoms with Crippen LogP contribution in [0.3, 0.4) is 0 Å². The molecule has 2 saturated carbocycles. The molecule has 2 N–H and O–H groups in total. The van der Waals surface area contributed by atoms with E-state index in [0.29, 0.717) is 24.3 Å². The van der Waals surface area contributed by atoms with Gasteiger partial charge in [-0.15, -0.1) is 0 Å². The number of cyclic esters (lactones) is 1. The van der Waals surface area contributed by atoms with E-state index in [1.807, 2.05) is 22.2 Å². The molecule has 0 atom stereocenters. The Hall–Kier alpha value is -2.52. The van der Waals surface area contributed by atoms with Crippen LogP contribution in [-0.4, -0.2) is 39.9 Å². The molecule has 1 aliphatic heterocycles. The summed E-state index contributed by atoms with van der Waals surface area (Å²) in [5.74, 6) is -0.821. The molecule has 2 aromatic rings. The quantitative estimate of drug-likeness (QED) is 0.588. The van der Waals surface area contributed by atoms with Crippen molar-refractivity contribution in [2.45, 2.75) is 75.3 Å². The molecule has 0 saturated heterocycles. The van der Waals surface area contributed by atoms with Gasteiger partial charge in [-0.3, -0.25) is 4.79 Å². The molecule has 0 unspecified atom stereocenters. The van der Waals surface area contributed by atoms with Crippen molar-refractivity contribution in [1.29, 1.82) is 0 Å². The molecule has 7 nitrogen and oxygen atoms in total. The molecule has 1 spiro atoms. The third-order valence-electron chi connectivity index (χ3n) is 6.59. The number of esters is 1. The largest absolute Gasteiger partial charge is 0.480 e. The van der Waals surface area contributed by atoms with E-state index < -0.39 is 17.0 Å². The predicted octanol–water partition coefficient (Wildman–Crippen LogP) is 5.02. The lowest BCUT2D eigenvalue weighted by Crippen LogP contribution is -2.55. The monoisotopic (exact) mass is 488 g/mol. The molecule has 0 radical (unpaired) electrons. The zero-order valence-electron chi connectivity index (χ0n) is 18.4.